The molecule has 30 heavy (non-hydrogen) atoms. The van der Waals surface area contributed by atoms with Crippen molar-refractivity contribution in [2.24, 2.45) is 11.3 Å². The Bertz CT molecular complexity index is 987. The summed E-state index contributed by atoms with van der Waals surface area (Å²) in [5, 5.41) is 2.92. The van der Waals surface area contributed by atoms with E-state index in [2.05, 4.69) is 10.3 Å². The fourth-order valence-corrected chi connectivity index (χ4v) is 6.06. The number of rotatable bonds is 5. The van der Waals surface area contributed by atoms with Crippen molar-refractivity contribution >= 4 is 21.6 Å². The summed E-state index contributed by atoms with van der Waals surface area (Å²) in [6.07, 6.45) is 4.59. The Morgan fingerprint density at radius 2 is 1.97 bits per heavy atom. The molecule has 2 saturated heterocycles. The lowest BCUT2D eigenvalue weighted by Crippen LogP contribution is -2.42. The summed E-state index contributed by atoms with van der Waals surface area (Å²) in [5.41, 5.74) is 2.06. The van der Waals surface area contributed by atoms with Gasteiger partial charge in [-0.1, -0.05) is 29.8 Å². The van der Waals surface area contributed by atoms with Crippen LogP contribution in [0.1, 0.15) is 24.0 Å². The third-order valence-corrected chi connectivity index (χ3v) is 7.98. The number of ether oxygens (including phenoxy) is 1. The van der Waals surface area contributed by atoms with Crippen molar-refractivity contribution in [1.82, 2.24) is 9.29 Å². The highest BCUT2D eigenvalue weighted by Crippen LogP contribution is 2.45. The molecule has 0 saturated carbocycles. The molecule has 1 amide bonds. The zero-order chi connectivity index (χ0) is 21.2. The van der Waals surface area contributed by atoms with Crippen LogP contribution in [-0.2, 0) is 25.3 Å². The third-order valence-electron chi connectivity index (χ3n) is 6.21. The summed E-state index contributed by atoms with van der Waals surface area (Å²) in [5.74, 6) is -0.635. The van der Waals surface area contributed by atoms with Crippen molar-refractivity contribution in [2.75, 3.05) is 31.6 Å². The number of carbonyl (C=O) groups is 1. The maximum absolute atomic E-state index is 13.2. The highest BCUT2D eigenvalue weighted by atomic mass is 32.2. The average Bonchev–Trinajstić information content (AvgIpc) is 3.10. The van der Waals surface area contributed by atoms with E-state index in [1.54, 1.807) is 24.5 Å². The van der Waals surface area contributed by atoms with Gasteiger partial charge in [0.15, 0.2) is 0 Å². The smallest absolute Gasteiger partial charge is 0.229 e. The molecular formula is C22H27N3O4S. The van der Waals surface area contributed by atoms with Gasteiger partial charge in [-0.2, -0.15) is 0 Å². The van der Waals surface area contributed by atoms with Crippen LogP contribution in [0.2, 0.25) is 0 Å². The Morgan fingerprint density at radius 1 is 1.23 bits per heavy atom. The van der Waals surface area contributed by atoms with Gasteiger partial charge in [0.1, 0.15) is 0 Å². The number of carbonyl (C=O) groups excluding carboxylic acids is 1. The normalized spacial score (nSPS) is 21.6. The van der Waals surface area contributed by atoms with Gasteiger partial charge in [-0.05, 0) is 37.5 Å². The summed E-state index contributed by atoms with van der Waals surface area (Å²) in [6.45, 7) is 3.61. The van der Waals surface area contributed by atoms with Gasteiger partial charge >= 0.3 is 0 Å². The fourth-order valence-electron chi connectivity index (χ4n) is 4.43. The van der Waals surface area contributed by atoms with Gasteiger partial charge in [-0.15, -0.1) is 0 Å². The molecule has 1 aromatic carbocycles. The first kappa shape index (κ1) is 21.0. The van der Waals surface area contributed by atoms with Gasteiger partial charge in [-0.3, -0.25) is 9.78 Å². The minimum absolute atomic E-state index is 0.0587. The van der Waals surface area contributed by atoms with E-state index in [9.17, 15) is 13.2 Å². The second kappa shape index (κ2) is 8.45. The van der Waals surface area contributed by atoms with Crippen molar-refractivity contribution in [3.63, 3.8) is 0 Å². The summed E-state index contributed by atoms with van der Waals surface area (Å²) in [4.78, 5) is 17.2. The van der Waals surface area contributed by atoms with Crippen molar-refractivity contribution in [2.45, 2.75) is 25.5 Å². The van der Waals surface area contributed by atoms with Crippen LogP contribution in [0, 0.1) is 18.3 Å². The third kappa shape index (κ3) is 4.40. The standard InChI is InChI=1S/C22H27N3O4S/c1-17-4-6-18(7-5-17)15-30(27,28)25-14-20(22(16-25)8-11-29-12-9-22)21(26)24-19-3-2-10-23-13-19/h2-7,10,13,20H,8-9,11-12,14-16H2,1H3,(H,24,26). The first-order valence-corrected chi connectivity index (χ1v) is 11.8. The van der Waals surface area contributed by atoms with E-state index in [0.29, 0.717) is 38.3 Å². The van der Waals surface area contributed by atoms with Crippen LogP contribution in [0.3, 0.4) is 0 Å². The van der Waals surface area contributed by atoms with Crippen molar-refractivity contribution < 1.29 is 17.9 Å². The van der Waals surface area contributed by atoms with Crippen LogP contribution >= 0.6 is 0 Å². The quantitative estimate of drug-likeness (QED) is 0.789. The number of amides is 1. The Kier molecular flexibility index (Phi) is 5.90. The number of nitrogens with one attached hydrogen (secondary N) is 1. The topological polar surface area (TPSA) is 88.6 Å². The molecule has 1 spiro atoms. The molecule has 7 nitrogen and oxygen atoms in total. The molecular weight excluding hydrogens is 402 g/mol. The van der Waals surface area contributed by atoms with E-state index in [0.717, 1.165) is 11.1 Å². The molecule has 8 heteroatoms. The number of hydrogen-bond acceptors (Lipinski definition) is 5. The van der Waals surface area contributed by atoms with Gasteiger partial charge in [0.05, 0.1) is 23.6 Å². The minimum Gasteiger partial charge on any atom is -0.381 e. The molecule has 2 aromatic rings. The zero-order valence-electron chi connectivity index (χ0n) is 17.1. The molecule has 1 aromatic heterocycles. The Balaban J connectivity index is 1.55. The molecule has 0 aliphatic carbocycles. The number of nitrogens with zero attached hydrogens (tertiary/aromatic N) is 2. The Hall–Kier alpha value is -2.29. The predicted molar refractivity (Wildman–Crippen MR) is 114 cm³/mol. The summed E-state index contributed by atoms with van der Waals surface area (Å²) in [7, 11) is -3.54. The molecule has 1 unspecified atom stereocenters. The molecule has 1 atom stereocenters. The second-order valence-corrected chi connectivity index (χ2v) is 10.3. The molecule has 1 N–H and O–H groups in total. The molecule has 160 valence electrons. The largest absolute Gasteiger partial charge is 0.381 e. The van der Waals surface area contributed by atoms with Gasteiger partial charge in [0, 0.05) is 37.9 Å². The molecule has 2 aliphatic heterocycles. The number of sulfonamides is 1. The zero-order valence-corrected chi connectivity index (χ0v) is 17.9. The minimum atomic E-state index is -3.54. The van der Waals surface area contributed by atoms with Crippen LogP contribution in [0.5, 0.6) is 0 Å². The number of aromatic nitrogens is 1. The Morgan fingerprint density at radius 3 is 2.63 bits per heavy atom. The van der Waals surface area contributed by atoms with Crippen LogP contribution in [-0.4, -0.2) is 49.9 Å². The van der Waals surface area contributed by atoms with E-state index < -0.39 is 21.4 Å². The molecule has 2 aliphatic rings. The number of anilines is 1. The number of hydrogen-bond donors (Lipinski definition) is 1. The second-order valence-electron chi connectivity index (χ2n) is 8.29. The van der Waals surface area contributed by atoms with E-state index in [1.807, 2.05) is 31.2 Å². The first-order chi connectivity index (χ1) is 14.4. The molecule has 4 rings (SSSR count). The lowest BCUT2D eigenvalue weighted by atomic mass is 9.72. The van der Waals surface area contributed by atoms with Crippen molar-refractivity contribution in [1.29, 1.82) is 0 Å². The Labute approximate surface area is 177 Å². The number of pyridine rings is 1. The highest BCUT2D eigenvalue weighted by molar-refractivity contribution is 7.88. The fraction of sp³-hybridized carbons (Fsp3) is 0.455. The van der Waals surface area contributed by atoms with Crippen LogP contribution in [0.15, 0.2) is 48.8 Å². The maximum Gasteiger partial charge on any atom is 0.229 e. The van der Waals surface area contributed by atoms with Crippen molar-refractivity contribution in [3.05, 3.63) is 59.9 Å². The summed E-state index contributed by atoms with van der Waals surface area (Å²) < 4.78 is 33.4. The van der Waals surface area contributed by atoms with Crippen LogP contribution in [0.25, 0.3) is 0 Å². The lowest BCUT2D eigenvalue weighted by Gasteiger charge is -2.37. The van der Waals surface area contributed by atoms with Crippen LogP contribution in [0.4, 0.5) is 5.69 Å². The molecule has 3 heterocycles. The first-order valence-electron chi connectivity index (χ1n) is 10.2. The monoisotopic (exact) mass is 429 g/mol. The SMILES string of the molecule is Cc1ccc(CS(=O)(=O)N2CC(C(=O)Nc3cccnc3)C3(CCOCC3)C2)cc1. The number of benzene rings is 1. The molecule has 2 fully saturated rings. The maximum atomic E-state index is 13.2. The average molecular weight is 430 g/mol. The van der Waals surface area contributed by atoms with E-state index in [-0.39, 0.29) is 18.2 Å². The van der Waals surface area contributed by atoms with E-state index >= 15 is 0 Å². The van der Waals surface area contributed by atoms with E-state index in [4.69, 9.17) is 4.74 Å². The van der Waals surface area contributed by atoms with Gasteiger partial charge in [0.25, 0.3) is 0 Å². The summed E-state index contributed by atoms with van der Waals surface area (Å²) in [6, 6.07) is 11.1. The summed E-state index contributed by atoms with van der Waals surface area (Å²) >= 11 is 0. The van der Waals surface area contributed by atoms with Gasteiger partial charge in [0.2, 0.25) is 15.9 Å². The molecule has 0 bridgehead atoms. The predicted octanol–water partition coefficient (Wildman–Crippen LogP) is 2.59. The molecule has 0 radical (unpaired) electrons. The number of aryl methyl sites for hydroxylation is 1. The lowest BCUT2D eigenvalue weighted by molar-refractivity contribution is -0.124. The van der Waals surface area contributed by atoms with Crippen LogP contribution < -0.4 is 5.32 Å². The van der Waals surface area contributed by atoms with Crippen molar-refractivity contribution in [3.8, 4) is 0 Å². The van der Waals surface area contributed by atoms with E-state index in [1.165, 1.54) is 4.31 Å². The van der Waals surface area contributed by atoms with Gasteiger partial charge < -0.3 is 10.1 Å². The highest BCUT2D eigenvalue weighted by Gasteiger charge is 2.53. The van der Waals surface area contributed by atoms with Gasteiger partial charge in [-0.25, -0.2) is 12.7 Å².